The van der Waals surface area contributed by atoms with E-state index < -0.39 is 11.9 Å². The van der Waals surface area contributed by atoms with Gasteiger partial charge in [0.15, 0.2) is 0 Å². The summed E-state index contributed by atoms with van der Waals surface area (Å²) in [6, 6.07) is 15.5. The van der Waals surface area contributed by atoms with Crippen LogP contribution in [0.25, 0.3) is 0 Å². The van der Waals surface area contributed by atoms with Crippen molar-refractivity contribution in [1.29, 1.82) is 0 Å². The van der Waals surface area contributed by atoms with E-state index in [-0.39, 0.29) is 17.0 Å². The lowest BCUT2D eigenvalue weighted by atomic mass is 9.93. The number of carbonyl (C=O) groups is 2. The van der Waals surface area contributed by atoms with Crippen LogP contribution in [0.15, 0.2) is 54.6 Å². The molecule has 0 aromatic heterocycles. The van der Waals surface area contributed by atoms with Gasteiger partial charge in [0.2, 0.25) is 0 Å². The Hall–Kier alpha value is -3.13. The number of piperidine rings is 1. The summed E-state index contributed by atoms with van der Waals surface area (Å²) >= 11 is 18.7. The monoisotopic (exact) mass is 574 g/mol. The van der Waals surface area contributed by atoms with Crippen LogP contribution in [0.2, 0.25) is 15.1 Å². The lowest BCUT2D eigenvalue weighted by molar-refractivity contribution is -0.139. The molecular weight excluding hydrogens is 551 g/mol. The quantitative estimate of drug-likeness (QED) is 0.337. The smallest absolute Gasteiger partial charge is 0.311 e. The molecule has 2 heterocycles. The second kappa shape index (κ2) is 11.3. The number of benzene rings is 3. The summed E-state index contributed by atoms with van der Waals surface area (Å²) in [5.41, 5.74) is 2.00. The Morgan fingerprint density at radius 1 is 0.947 bits per heavy atom. The van der Waals surface area contributed by atoms with E-state index in [1.165, 1.54) is 0 Å². The van der Waals surface area contributed by atoms with E-state index in [1.54, 1.807) is 42.5 Å². The Morgan fingerprint density at radius 3 is 2.37 bits per heavy atom. The molecule has 2 N–H and O–H groups in total. The molecule has 2 aliphatic rings. The van der Waals surface area contributed by atoms with E-state index in [2.05, 4.69) is 10.2 Å². The van der Waals surface area contributed by atoms with Crippen LogP contribution in [-0.4, -0.2) is 42.7 Å². The van der Waals surface area contributed by atoms with E-state index in [0.29, 0.717) is 51.4 Å². The number of ether oxygens (including phenoxy) is 2. The lowest BCUT2D eigenvalue weighted by Crippen LogP contribution is -2.44. The molecule has 0 spiro atoms. The van der Waals surface area contributed by atoms with Gasteiger partial charge in [-0.1, -0.05) is 34.8 Å². The number of hydrogen-bond donors (Lipinski definition) is 2. The third-order valence-electron chi connectivity index (χ3n) is 6.83. The van der Waals surface area contributed by atoms with Gasteiger partial charge in [0, 0.05) is 41.3 Å². The largest absolute Gasteiger partial charge is 0.493 e. The van der Waals surface area contributed by atoms with Crippen LogP contribution in [-0.2, 0) is 4.79 Å². The molecule has 1 unspecified atom stereocenters. The van der Waals surface area contributed by atoms with Crippen LogP contribution < -0.4 is 19.7 Å². The molecule has 10 heteroatoms. The molecule has 38 heavy (non-hydrogen) atoms. The number of anilines is 1. The van der Waals surface area contributed by atoms with E-state index in [9.17, 15) is 14.7 Å². The predicted molar refractivity (Wildman–Crippen MR) is 148 cm³/mol. The molecule has 1 atom stereocenters. The standard InChI is InChI=1S/C28H25Cl3N2O5/c29-17-3-6-24(22(30)13-17)33-10-7-18(8-11-33)32-27(34)16-1-4-19(5-2-16)38-26-15-25-21(14-23(26)31)20(28(35)36)9-12-37-25/h1-6,13-15,18,20H,7-12H2,(H,32,34)(H,35,36). The minimum absolute atomic E-state index is 0.0599. The van der Waals surface area contributed by atoms with Crippen molar-refractivity contribution in [2.24, 2.45) is 0 Å². The second-order valence-electron chi connectivity index (χ2n) is 9.31. The zero-order valence-electron chi connectivity index (χ0n) is 20.3. The fraction of sp³-hybridized carbons (Fsp3) is 0.286. The molecule has 1 saturated heterocycles. The zero-order valence-corrected chi connectivity index (χ0v) is 22.5. The highest BCUT2D eigenvalue weighted by molar-refractivity contribution is 6.36. The van der Waals surface area contributed by atoms with Gasteiger partial charge >= 0.3 is 5.97 Å². The number of amides is 1. The van der Waals surface area contributed by atoms with Crippen LogP contribution in [0.3, 0.4) is 0 Å². The Kier molecular flexibility index (Phi) is 7.88. The van der Waals surface area contributed by atoms with Gasteiger partial charge in [-0.2, -0.15) is 0 Å². The van der Waals surface area contributed by atoms with Crippen molar-refractivity contribution >= 4 is 52.4 Å². The number of aliphatic carboxylic acids is 1. The van der Waals surface area contributed by atoms with Gasteiger partial charge < -0.3 is 24.8 Å². The minimum atomic E-state index is -0.912. The van der Waals surface area contributed by atoms with Gasteiger partial charge in [0.25, 0.3) is 5.91 Å². The molecule has 1 fully saturated rings. The fourth-order valence-corrected chi connectivity index (χ4v) is 5.54. The molecular formula is C28H25Cl3N2O5. The van der Waals surface area contributed by atoms with Crippen molar-refractivity contribution < 1.29 is 24.2 Å². The van der Waals surface area contributed by atoms with Crippen LogP contribution in [0.1, 0.15) is 41.1 Å². The number of halogens is 3. The summed E-state index contributed by atoms with van der Waals surface area (Å²) in [5, 5.41) is 14.1. The second-order valence-corrected chi connectivity index (χ2v) is 10.6. The van der Waals surface area contributed by atoms with Crippen molar-refractivity contribution in [2.45, 2.75) is 31.2 Å². The van der Waals surface area contributed by atoms with Gasteiger partial charge in [-0.15, -0.1) is 0 Å². The number of carboxylic acids is 1. The average molecular weight is 576 g/mol. The number of rotatable bonds is 6. The highest BCUT2D eigenvalue weighted by Crippen LogP contribution is 2.42. The summed E-state index contributed by atoms with van der Waals surface area (Å²) in [5.74, 6) is -0.443. The Morgan fingerprint density at radius 2 is 1.68 bits per heavy atom. The number of carboxylic acid groups (broad SMARTS) is 1. The maximum atomic E-state index is 12.8. The van der Waals surface area contributed by atoms with Gasteiger partial charge in [0.05, 0.1) is 28.3 Å². The normalized spacial score (nSPS) is 17.3. The van der Waals surface area contributed by atoms with E-state index in [0.717, 1.165) is 31.6 Å². The first-order chi connectivity index (χ1) is 18.3. The summed E-state index contributed by atoms with van der Waals surface area (Å²) in [6.07, 6.45) is 1.99. The van der Waals surface area contributed by atoms with Crippen molar-refractivity contribution in [3.8, 4) is 17.2 Å². The van der Waals surface area contributed by atoms with Crippen molar-refractivity contribution in [1.82, 2.24) is 5.32 Å². The molecule has 7 nitrogen and oxygen atoms in total. The minimum Gasteiger partial charge on any atom is -0.493 e. The third kappa shape index (κ3) is 5.80. The van der Waals surface area contributed by atoms with E-state index >= 15 is 0 Å². The highest BCUT2D eigenvalue weighted by Gasteiger charge is 2.29. The molecule has 0 aliphatic carbocycles. The number of hydrogen-bond acceptors (Lipinski definition) is 5. The summed E-state index contributed by atoms with van der Waals surface area (Å²) in [6.45, 7) is 1.86. The molecule has 0 radical (unpaired) electrons. The van der Waals surface area contributed by atoms with E-state index in [1.807, 2.05) is 12.1 Å². The number of nitrogens with zero attached hydrogens (tertiary/aromatic N) is 1. The topological polar surface area (TPSA) is 88.1 Å². The highest BCUT2D eigenvalue weighted by atomic mass is 35.5. The summed E-state index contributed by atoms with van der Waals surface area (Å²) in [7, 11) is 0. The SMILES string of the molecule is O=C(NC1CCN(c2ccc(Cl)cc2Cl)CC1)c1ccc(Oc2cc3c(cc2Cl)C(C(=O)O)CCO3)cc1. The summed E-state index contributed by atoms with van der Waals surface area (Å²) in [4.78, 5) is 26.6. The van der Waals surface area contributed by atoms with E-state index in [4.69, 9.17) is 44.3 Å². The Balaban J connectivity index is 1.18. The van der Waals surface area contributed by atoms with Crippen molar-refractivity contribution in [2.75, 3.05) is 24.6 Å². The lowest BCUT2D eigenvalue weighted by Gasteiger charge is -2.34. The Bertz CT molecular complexity index is 1360. The maximum Gasteiger partial charge on any atom is 0.311 e. The van der Waals surface area contributed by atoms with Crippen molar-refractivity contribution in [3.63, 3.8) is 0 Å². The zero-order chi connectivity index (χ0) is 26.8. The molecule has 0 saturated carbocycles. The van der Waals surface area contributed by atoms with Gasteiger partial charge in [-0.25, -0.2) is 0 Å². The van der Waals surface area contributed by atoms with Crippen molar-refractivity contribution in [3.05, 3.63) is 80.8 Å². The molecule has 5 rings (SSSR count). The van der Waals surface area contributed by atoms with Crippen LogP contribution in [0.5, 0.6) is 17.2 Å². The molecule has 198 valence electrons. The molecule has 3 aromatic rings. The maximum absolute atomic E-state index is 12.8. The number of nitrogens with one attached hydrogen (secondary N) is 1. The predicted octanol–water partition coefficient (Wildman–Crippen LogP) is 6.79. The summed E-state index contributed by atoms with van der Waals surface area (Å²) < 4.78 is 11.5. The molecule has 0 bridgehead atoms. The van der Waals surface area contributed by atoms with Crippen LogP contribution in [0.4, 0.5) is 5.69 Å². The first kappa shape index (κ1) is 26.5. The van der Waals surface area contributed by atoms with Crippen LogP contribution >= 0.6 is 34.8 Å². The average Bonchev–Trinajstić information content (AvgIpc) is 2.90. The first-order valence-electron chi connectivity index (χ1n) is 12.3. The van der Waals surface area contributed by atoms with Crippen LogP contribution in [0, 0.1) is 0 Å². The Labute approximate surface area is 235 Å². The van der Waals surface area contributed by atoms with Gasteiger partial charge in [-0.05, 0) is 67.8 Å². The number of fused-ring (bicyclic) bond motifs is 1. The van der Waals surface area contributed by atoms with Gasteiger partial charge in [0.1, 0.15) is 17.2 Å². The molecule has 2 aliphatic heterocycles. The first-order valence-corrected chi connectivity index (χ1v) is 13.4. The molecule has 1 amide bonds. The number of carbonyl (C=O) groups excluding carboxylic acids is 1. The van der Waals surface area contributed by atoms with Gasteiger partial charge in [-0.3, -0.25) is 9.59 Å². The molecule has 3 aromatic carbocycles. The third-order valence-corrected chi connectivity index (χ3v) is 7.66. The fourth-order valence-electron chi connectivity index (χ4n) is 4.80.